The molecule has 74 valence electrons. The molecule has 0 aliphatic carbocycles. The third-order valence-corrected chi connectivity index (χ3v) is 2.83. The Morgan fingerprint density at radius 1 is 1.33 bits per heavy atom. The maximum absolute atomic E-state index is 10.4. The number of unbranched alkanes of at least 4 members (excludes halogenated alkanes) is 3. The summed E-state index contributed by atoms with van der Waals surface area (Å²) in [5.41, 5.74) is 0. The molecule has 1 N–H and O–H groups in total. The van der Waals surface area contributed by atoms with E-state index < -0.39 is 11.1 Å². The lowest BCUT2D eigenvalue weighted by molar-refractivity contribution is 0.503. The summed E-state index contributed by atoms with van der Waals surface area (Å²) in [6.45, 7) is 4.23. The minimum atomic E-state index is -1.60. The number of hydrogen-bond donors (Lipinski definition) is 1. The molecular weight excluding hydrogens is 172 g/mol. The van der Waals surface area contributed by atoms with Crippen molar-refractivity contribution in [1.29, 1.82) is 0 Å². The third kappa shape index (κ3) is 8.21. The standard InChI is InChI=1S/C9H20O2S/c1-3-4-5-6-7-9(2)8-12(10)11/h9H,3-8H2,1-2H3,(H,10,11). The molecule has 0 amide bonds. The molecule has 0 rings (SSSR count). The first-order chi connectivity index (χ1) is 5.66. The maximum Gasteiger partial charge on any atom is 0.153 e. The Kier molecular flexibility index (Phi) is 7.81. The summed E-state index contributed by atoms with van der Waals surface area (Å²) < 4.78 is 19.0. The second-order valence-corrected chi connectivity index (χ2v) is 4.42. The zero-order chi connectivity index (χ0) is 9.40. The first-order valence-electron chi connectivity index (χ1n) is 4.74. The average molecular weight is 192 g/mol. The van der Waals surface area contributed by atoms with Crippen LogP contribution < -0.4 is 0 Å². The van der Waals surface area contributed by atoms with Gasteiger partial charge in [0.2, 0.25) is 0 Å². The van der Waals surface area contributed by atoms with Crippen molar-refractivity contribution in [3.8, 4) is 0 Å². The molecule has 2 nitrogen and oxygen atoms in total. The van der Waals surface area contributed by atoms with Gasteiger partial charge in [0, 0.05) is 0 Å². The summed E-state index contributed by atoms with van der Waals surface area (Å²) in [6, 6.07) is 0. The monoisotopic (exact) mass is 192 g/mol. The van der Waals surface area contributed by atoms with Gasteiger partial charge < -0.3 is 4.55 Å². The van der Waals surface area contributed by atoms with E-state index in [-0.39, 0.29) is 0 Å². The van der Waals surface area contributed by atoms with Gasteiger partial charge in [-0.2, -0.15) is 0 Å². The van der Waals surface area contributed by atoms with Crippen molar-refractivity contribution in [3.05, 3.63) is 0 Å². The molecule has 0 fully saturated rings. The van der Waals surface area contributed by atoms with Crippen LogP contribution in [0.15, 0.2) is 0 Å². The molecule has 0 saturated heterocycles. The van der Waals surface area contributed by atoms with Crippen LogP contribution >= 0.6 is 0 Å². The summed E-state index contributed by atoms with van der Waals surface area (Å²) >= 11 is -1.60. The topological polar surface area (TPSA) is 37.3 Å². The van der Waals surface area contributed by atoms with E-state index in [2.05, 4.69) is 6.92 Å². The normalized spacial score (nSPS) is 15.9. The van der Waals surface area contributed by atoms with Gasteiger partial charge in [0.15, 0.2) is 11.1 Å². The van der Waals surface area contributed by atoms with Crippen molar-refractivity contribution >= 4 is 11.1 Å². The molecule has 3 heteroatoms. The molecule has 0 spiro atoms. The highest BCUT2D eigenvalue weighted by molar-refractivity contribution is 7.79. The van der Waals surface area contributed by atoms with Crippen LogP contribution in [0.3, 0.4) is 0 Å². The molecule has 0 radical (unpaired) electrons. The van der Waals surface area contributed by atoms with Crippen molar-refractivity contribution in [2.45, 2.75) is 46.0 Å². The first kappa shape index (κ1) is 12.1. The largest absolute Gasteiger partial charge is 0.306 e. The Morgan fingerprint density at radius 2 is 2.00 bits per heavy atom. The van der Waals surface area contributed by atoms with Crippen LogP contribution in [0.4, 0.5) is 0 Å². The molecule has 2 unspecified atom stereocenters. The lowest BCUT2D eigenvalue weighted by Crippen LogP contribution is -2.06. The fourth-order valence-corrected chi connectivity index (χ4v) is 1.90. The highest BCUT2D eigenvalue weighted by Gasteiger charge is 2.04. The summed E-state index contributed by atoms with van der Waals surface area (Å²) in [6.07, 6.45) is 6.09. The zero-order valence-corrected chi connectivity index (χ0v) is 8.90. The summed E-state index contributed by atoms with van der Waals surface area (Å²) in [7, 11) is 0. The van der Waals surface area contributed by atoms with Gasteiger partial charge in [0.1, 0.15) is 0 Å². The van der Waals surface area contributed by atoms with Gasteiger partial charge in [-0.3, -0.25) is 0 Å². The second kappa shape index (κ2) is 7.74. The van der Waals surface area contributed by atoms with Crippen LogP contribution in [-0.4, -0.2) is 14.5 Å². The summed E-state index contributed by atoms with van der Waals surface area (Å²) in [4.78, 5) is 0. The average Bonchev–Trinajstić information content (AvgIpc) is 1.97. The van der Waals surface area contributed by atoms with Crippen LogP contribution in [0.2, 0.25) is 0 Å². The highest BCUT2D eigenvalue weighted by Crippen LogP contribution is 2.10. The van der Waals surface area contributed by atoms with E-state index >= 15 is 0 Å². The van der Waals surface area contributed by atoms with E-state index in [1.165, 1.54) is 25.7 Å². The predicted octanol–water partition coefficient (Wildman–Crippen LogP) is 2.81. The Labute approximate surface area is 78.0 Å². The van der Waals surface area contributed by atoms with Gasteiger partial charge in [-0.1, -0.05) is 39.5 Å². The number of rotatable bonds is 7. The third-order valence-electron chi connectivity index (χ3n) is 1.98. The molecule has 0 heterocycles. The van der Waals surface area contributed by atoms with Crippen LogP contribution in [0.25, 0.3) is 0 Å². The van der Waals surface area contributed by atoms with Crippen molar-refractivity contribution < 1.29 is 8.76 Å². The van der Waals surface area contributed by atoms with E-state index in [0.717, 1.165) is 6.42 Å². The van der Waals surface area contributed by atoms with E-state index in [9.17, 15) is 4.21 Å². The molecule has 0 aromatic rings. The van der Waals surface area contributed by atoms with Gasteiger partial charge in [0.05, 0.1) is 5.75 Å². The van der Waals surface area contributed by atoms with Crippen LogP contribution in [0, 0.1) is 5.92 Å². The van der Waals surface area contributed by atoms with Crippen molar-refractivity contribution in [2.24, 2.45) is 5.92 Å². The van der Waals surface area contributed by atoms with Gasteiger partial charge in [-0.15, -0.1) is 0 Å². The van der Waals surface area contributed by atoms with Crippen LogP contribution in [0.5, 0.6) is 0 Å². The molecular formula is C9H20O2S. The van der Waals surface area contributed by atoms with Gasteiger partial charge in [-0.25, -0.2) is 4.21 Å². The smallest absolute Gasteiger partial charge is 0.153 e. The summed E-state index contributed by atoms with van der Waals surface area (Å²) in [5.74, 6) is 0.833. The second-order valence-electron chi connectivity index (χ2n) is 3.44. The van der Waals surface area contributed by atoms with E-state index in [1.54, 1.807) is 0 Å². The Morgan fingerprint density at radius 3 is 2.50 bits per heavy atom. The summed E-state index contributed by atoms with van der Waals surface area (Å²) in [5, 5.41) is 0. The van der Waals surface area contributed by atoms with E-state index in [1.807, 2.05) is 6.92 Å². The minimum Gasteiger partial charge on any atom is -0.306 e. The lowest BCUT2D eigenvalue weighted by Gasteiger charge is -2.07. The molecule has 0 bridgehead atoms. The van der Waals surface area contributed by atoms with Crippen LogP contribution in [0.1, 0.15) is 46.0 Å². The molecule has 0 saturated carbocycles. The Balaban J connectivity index is 3.19. The quantitative estimate of drug-likeness (QED) is 0.497. The molecule has 2 atom stereocenters. The van der Waals surface area contributed by atoms with Gasteiger partial charge in [0.25, 0.3) is 0 Å². The SMILES string of the molecule is CCCCCCC(C)CS(=O)O. The fourth-order valence-electron chi connectivity index (χ4n) is 1.25. The van der Waals surface area contributed by atoms with Gasteiger partial charge >= 0.3 is 0 Å². The maximum atomic E-state index is 10.4. The van der Waals surface area contributed by atoms with Crippen LogP contribution in [-0.2, 0) is 11.1 Å². The van der Waals surface area contributed by atoms with Crippen molar-refractivity contribution in [3.63, 3.8) is 0 Å². The van der Waals surface area contributed by atoms with Gasteiger partial charge in [-0.05, 0) is 12.3 Å². The lowest BCUT2D eigenvalue weighted by atomic mass is 10.0. The van der Waals surface area contributed by atoms with E-state index in [0.29, 0.717) is 11.7 Å². The zero-order valence-electron chi connectivity index (χ0n) is 8.08. The molecule has 0 aliphatic rings. The molecule has 12 heavy (non-hydrogen) atoms. The number of hydrogen-bond acceptors (Lipinski definition) is 1. The molecule has 0 aromatic carbocycles. The Bertz CT molecular complexity index is 126. The molecule has 0 aromatic heterocycles. The minimum absolute atomic E-state index is 0.396. The van der Waals surface area contributed by atoms with E-state index in [4.69, 9.17) is 4.55 Å². The predicted molar refractivity (Wildman–Crippen MR) is 53.6 cm³/mol. The Hall–Kier alpha value is 0.110. The molecule has 0 aliphatic heterocycles. The van der Waals surface area contributed by atoms with Crippen molar-refractivity contribution in [1.82, 2.24) is 0 Å². The first-order valence-corrected chi connectivity index (χ1v) is 6.01. The van der Waals surface area contributed by atoms with Crippen molar-refractivity contribution in [2.75, 3.05) is 5.75 Å². The fraction of sp³-hybridized carbons (Fsp3) is 1.00. The highest BCUT2D eigenvalue weighted by atomic mass is 32.2.